The summed E-state index contributed by atoms with van der Waals surface area (Å²) in [5, 5.41) is 11.5. The number of nitrogens with one attached hydrogen (secondary N) is 1. The summed E-state index contributed by atoms with van der Waals surface area (Å²) < 4.78 is 37.3. The molecule has 0 heterocycles. The lowest BCUT2D eigenvalue weighted by atomic mass is 9.95. The van der Waals surface area contributed by atoms with E-state index < -0.39 is 29.2 Å². The van der Waals surface area contributed by atoms with Gasteiger partial charge in [-0.25, -0.2) is 4.79 Å². The van der Waals surface area contributed by atoms with Crippen molar-refractivity contribution in [3.05, 3.63) is 35.4 Å². The van der Waals surface area contributed by atoms with Crippen molar-refractivity contribution >= 4 is 11.9 Å². The van der Waals surface area contributed by atoms with Gasteiger partial charge in [0.2, 0.25) is 0 Å². The number of benzene rings is 1. The zero-order chi connectivity index (χ0) is 16.3. The molecule has 0 aliphatic carbocycles. The highest BCUT2D eigenvalue weighted by atomic mass is 19.4. The van der Waals surface area contributed by atoms with Crippen LogP contribution in [0.1, 0.15) is 42.6 Å². The molecule has 0 aliphatic heterocycles. The Balaban J connectivity index is 2.91. The molecule has 0 aliphatic rings. The van der Waals surface area contributed by atoms with Crippen LogP contribution in [-0.2, 0) is 11.0 Å². The van der Waals surface area contributed by atoms with Crippen LogP contribution in [0.25, 0.3) is 0 Å². The smallest absolute Gasteiger partial charge is 0.416 e. The number of carbonyl (C=O) groups excluding carboxylic acids is 1. The van der Waals surface area contributed by atoms with E-state index in [-0.39, 0.29) is 12.0 Å². The van der Waals surface area contributed by atoms with Gasteiger partial charge in [0.25, 0.3) is 5.91 Å². The Morgan fingerprint density at radius 2 is 1.71 bits per heavy atom. The molecule has 0 fully saturated rings. The van der Waals surface area contributed by atoms with E-state index in [4.69, 9.17) is 5.11 Å². The fraction of sp³-hybridized carbons (Fsp3) is 0.429. The lowest BCUT2D eigenvalue weighted by molar-refractivity contribution is -0.144. The predicted molar refractivity (Wildman–Crippen MR) is 69.9 cm³/mol. The van der Waals surface area contributed by atoms with E-state index in [0.717, 1.165) is 24.3 Å². The molecule has 1 rings (SSSR count). The molecule has 0 bridgehead atoms. The first-order valence-corrected chi connectivity index (χ1v) is 6.33. The first-order chi connectivity index (χ1) is 9.60. The fourth-order valence-corrected chi connectivity index (χ4v) is 1.86. The van der Waals surface area contributed by atoms with E-state index in [1.807, 2.05) is 0 Å². The molecule has 1 aromatic carbocycles. The number of alkyl halides is 3. The molecule has 4 nitrogen and oxygen atoms in total. The minimum atomic E-state index is -4.48. The van der Waals surface area contributed by atoms with E-state index in [0.29, 0.717) is 6.42 Å². The average molecular weight is 303 g/mol. The Labute approximate surface area is 120 Å². The third-order valence-electron chi connectivity index (χ3n) is 3.09. The number of amides is 1. The van der Waals surface area contributed by atoms with Crippen LogP contribution >= 0.6 is 0 Å². The molecule has 2 N–H and O–H groups in total. The van der Waals surface area contributed by atoms with Gasteiger partial charge in [-0.3, -0.25) is 4.79 Å². The number of aliphatic carboxylic acids is 1. The first-order valence-electron chi connectivity index (χ1n) is 6.33. The van der Waals surface area contributed by atoms with Crippen molar-refractivity contribution in [2.45, 2.75) is 38.4 Å². The molecule has 116 valence electrons. The summed E-state index contributed by atoms with van der Waals surface area (Å²) in [6, 6.07) is 3.61. The van der Waals surface area contributed by atoms with Crippen molar-refractivity contribution in [3.8, 4) is 0 Å². The fourth-order valence-electron chi connectivity index (χ4n) is 1.86. The molecule has 0 aromatic heterocycles. The topological polar surface area (TPSA) is 66.4 Å². The highest BCUT2D eigenvalue weighted by Crippen LogP contribution is 2.29. The van der Waals surface area contributed by atoms with Crippen LogP contribution in [0.2, 0.25) is 0 Å². The summed E-state index contributed by atoms with van der Waals surface area (Å²) in [5.41, 5.74) is -2.34. The van der Waals surface area contributed by atoms with Crippen LogP contribution in [0.15, 0.2) is 24.3 Å². The first kappa shape index (κ1) is 17.0. The molecular formula is C14H16F3NO3. The van der Waals surface area contributed by atoms with Gasteiger partial charge in [-0.15, -0.1) is 0 Å². The number of hydrogen-bond acceptors (Lipinski definition) is 2. The molecular weight excluding hydrogens is 287 g/mol. The van der Waals surface area contributed by atoms with E-state index in [1.54, 1.807) is 6.92 Å². The summed E-state index contributed by atoms with van der Waals surface area (Å²) in [6.45, 7) is 3.13. The van der Waals surface area contributed by atoms with Gasteiger partial charge < -0.3 is 10.4 Å². The molecule has 0 radical (unpaired) electrons. The second-order valence-corrected chi connectivity index (χ2v) is 4.92. The lowest BCUT2D eigenvalue weighted by Gasteiger charge is -2.25. The number of carbonyl (C=O) groups is 2. The van der Waals surface area contributed by atoms with Crippen molar-refractivity contribution < 1.29 is 27.9 Å². The summed E-state index contributed by atoms with van der Waals surface area (Å²) in [5.74, 6) is -1.91. The van der Waals surface area contributed by atoms with Crippen LogP contribution in [0.3, 0.4) is 0 Å². The maximum atomic E-state index is 12.4. The normalized spacial score (nSPS) is 14.3. The van der Waals surface area contributed by atoms with Crippen molar-refractivity contribution in [1.29, 1.82) is 0 Å². The maximum Gasteiger partial charge on any atom is 0.416 e. The minimum Gasteiger partial charge on any atom is -0.480 e. The highest BCUT2D eigenvalue weighted by molar-refractivity contribution is 5.97. The second-order valence-electron chi connectivity index (χ2n) is 4.92. The Bertz CT molecular complexity index is 525. The van der Waals surface area contributed by atoms with Gasteiger partial charge in [-0.2, -0.15) is 13.2 Å². The quantitative estimate of drug-likeness (QED) is 0.878. The molecule has 21 heavy (non-hydrogen) atoms. The van der Waals surface area contributed by atoms with Crippen LogP contribution in [0.5, 0.6) is 0 Å². The SMILES string of the molecule is CCCC(C)(NC(=O)c1ccc(C(F)(F)F)cc1)C(=O)O. The number of carboxylic acid groups (broad SMARTS) is 1. The van der Waals surface area contributed by atoms with Crippen molar-refractivity contribution in [2.75, 3.05) is 0 Å². The Kier molecular flexibility index (Phi) is 4.98. The summed E-state index contributed by atoms with van der Waals surface area (Å²) >= 11 is 0. The Hall–Kier alpha value is -2.05. The maximum absolute atomic E-state index is 12.4. The van der Waals surface area contributed by atoms with Crippen LogP contribution in [0.4, 0.5) is 13.2 Å². The largest absolute Gasteiger partial charge is 0.480 e. The molecule has 0 saturated heterocycles. The van der Waals surface area contributed by atoms with E-state index in [9.17, 15) is 22.8 Å². The Morgan fingerprint density at radius 3 is 2.10 bits per heavy atom. The standard InChI is InChI=1S/C14H16F3NO3/c1-3-8-13(2,12(20)21)18-11(19)9-4-6-10(7-5-9)14(15,16)17/h4-7H,3,8H2,1-2H3,(H,18,19)(H,20,21). The zero-order valence-electron chi connectivity index (χ0n) is 11.6. The van der Waals surface area contributed by atoms with E-state index in [1.165, 1.54) is 6.92 Å². The van der Waals surface area contributed by atoms with Crippen LogP contribution in [0, 0.1) is 0 Å². The van der Waals surface area contributed by atoms with Gasteiger partial charge >= 0.3 is 12.1 Å². The average Bonchev–Trinajstić information content (AvgIpc) is 2.37. The van der Waals surface area contributed by atoms with Crippen molar-refractivity contribution in [3.63, 3.8) is 0 Å². The molecule has 1 aromatic rings. The molecule has 1 amide bonds. The summed E-state index contributed by atoms with van der Waals surface area (Å²) in [7, 11) is 0. The number of rotatable bonds is 5. The van der Waals surface area contributed by atoms with Gasteiger partial charge in [-0.1, -0.05) is 13.3 Å². The lowest BCUT2D eigenvalue weighted by Crippen LogP contribution is -2.52. The third kappa shape index (κ3) is 4.21. The van der Waals surface area contributed by atoms with Gasteiger partial charge in [0, 0.05) is 5.56 Å². The molecule has 7 heteroatoms. The van der Waals surface area contributed by atoms with Gasteiger partial charge in [0.05, 0.1) is 5.56 Å². The predicted octanol–water partition coefficient (Wildman–Crippen LogP) is 3.08. The van der Waals surface area contributed by atoms with Crippen LogP contribution in [-0.4, -0.2) is 22.5 Å². The molecule has 0 saturated carbocycles. The van der Waals surface area contributed by atoms with Gasteiger partial charge in [-0.05, 0) is 37.6 Å². The number of carboxylic acids is 1. The minimum absolute atomic E-state index is 0.0217. The van der Waals surface area contributed by atoms with Crippen molar-refractivity contribution in [1.82, 2.24) is 5.32 Å². The van der Waals surface area contributed by atoms with Gasteiger partial charge in [0.15, 0.2) is 0 Å². The molecule has 1 unspecified atom stereocenters. The van der Waals surface area contributed by atoms with Crippen LogP contribution < -0.4 is 5.32 Å². The third-order valence-corrected chi connectivity index (χ3v) is 3.09. The van der Waals surface area contributed by atoms with Crippen molar-refractivity contribution in [2.24, 2.45) is 0 Å². The molecule has 0 spiro atoms. The number of hydrogen-bond donors (Lipinski definition) is 2. The highest BCUT2D eigenvalue weighted by Gasteiger charge is 2.34. The second kappa shape index (κ2) is 6.15. The zero-order valence-corrected chi connectivity index (χ0v) is 11.6. The summed E-state index contributed by atoms with van der Waals surface area (Å²) in [4.78, 5) is 23.1. The van der Waals surface area contributed by atoms with Gasteiger partial charge in [0.1, 0.15) is 5.54 Å². The van der Waals surface area contributed by atoms with E-state index in [2.05, 4.69) is 5.32 Å². The molecule has 1 atom stereocenters. The summed E-state index contributed by atoms with van der Waals surface area (Å²) in [6.07, 6.45) is -3.72. The Morgan fingerprint density at radius 1 is 1.19 bits per heavy atom. The van der Waals surface area contributed by atoms with E-state index >= 15 is 0 Å². The number of halogens is 3. The monoisotopic (exact) mass is 303 g/mol.